The molecule has 0 aliphatic rings. The molecule has 3 rings (SSSR count). The van der Waals surface area contributed by atoms with E-state index in [2.05, 4.69) is 11.1 Å². The van der Waals surface area contributed by atoms with Gasteiger partial charge in [-0.25, -0.2) is 4.98 Å². The van der Waals surface area contributed by atoms with Gasteiger partial charge in [0, 0.05) is 11.3 Å². The minimum Gasteiger partial charge on any atom is -0.398 e. The average molecular weight is 270 g/mol. The molecule has 6 heteroatoms. The van der Waals surface area contributed by atoms with E-state index < -0.39 is 0 Å². The van der Waals surface area contributed by atoms with Gasteiger partial charge in [-0.05, 0) is 24.3 Å². The highest BCUT2D eigenvalue weighted by Gasteiger charge is 2.07. The maximum atomic E-state index is 5.94. The summed E-state index contributed by atoms with van der Waals surface area (Å²) in [5.74, 6) is 0. The van der Waals surface area contributed by atoms with Gasteiger partial charge in [0.2, 0.25) is 4.91 Å². The van der Waals surface area contributed by atoms with Gasteiger partial charge in [0.1, 0.15) is 16.1 Å². The van der Waals surface area contributed by atoms with Crippen molar-refractivity contribution in [1.82, 2.24) is 9.90 Å². The monoisotopic (exact) mass is 270 g/mol. The Morgan fingerprint density at radius 3 is 2.32 bits per heavy atom. The van der Waals surface area contributed by atoms with Gasteiger partial charge in [-0.15, -0.1) is 11.3 Å². The van der Waals surface area contributed by atoms with Crippen LogP contribution in [0.25, 0.3) is 20.8 Å². The number of nitrogen functional groups attached to an aromatic ring is 1. The largest absolute Gasteiger partial charge is 0.398 e. The van der Waals surface area contributed by atoms with E-state index in [0.29, 0.717) is 0 Å². The van der Waals surface area contributed by atoms with Crippen molar-refractivity contribution in [2.24, 2.45) is 0 Å². The topological polar surface area (TPSA) is 101 Å². The molecule has 0 unspecified atom stereocenters. The highest BCUT2D eigenvalue weighted by atomic mass is 32.1. The SMILES string of the molecule is N=[N+]=N.Nc1ccccc1-c1nc2ccccc2s1. The highest BCUT2D eigenvalue weighted by molar-refractivity contribution is 7.21. The number of anilines is 1. The van der Waals surface area contributed by atoms with Gasteiger partial charge in [-0.3, -0.25) is 0 Å². The van der Waals surface area contributed by atoms with Crippen molar-refractivity contribution >= 4 is 27.2 Å². The standard InChI is InChI=1S/C13H10N2S.H2N3/c14-10-6-2-1-5-9(10)13-15-11-7-3-4-8-12(11)16-13;1-3-2/h1-8H,14H2;1-2H/q;+1. The van der Waals surface area contributed by atoms with Gasteiger partial charge >= 0.3 is 0 Å². The molecule has 0 amide bonds. The first-order valence-corrected chi connectivity index (χ1v) is 6.31. The number of hydrogen-bond donors (Lipinski definition) is 3. The van der Waals surface area contributed by atoms with E-state index in [1.54, 1.807) is 11.3 Å². The molecule has 0 saturated carbocycles. The van der Waals surface area contributed by atoms with Crippen LogP contribution in [0.4, 0.5) is 5.69 Å². The van der Waals surface area contributed by atoms with E-state index in [-0.39, 0.29) is 0 Å². The fourth-order valence-corrected chi connectivity index (χ4v) is 2.69. The second kappa shape index (κ2) is 5.86. The molecule has 0 aliphatic carbocycles. The minimum atomic E-state index is 0.779. The lowest BCUT2D eigenvalue weighted by Gasteiger charge is -1.99. The van der Waals surface area contributed by atoms with Crippen LogP contribution in [0.2, 0.25) is 0 Å². The third-order valence-corrected chi connectivity index (χ3v) is 3.55. The number of hydrogen-bond acceptors (Lipinski definition) is 5. The first-order chi connectivity index (χ1) is 9.26. The van der Waals surface area contributed by atoms with E-state index in [1.165, 1.54) is 4.70 Å². The molecule has 1 aromatic heterocycles. The lowest BCUT2D eigenvalue weighted by molar-refractivity contribution is 0.928. The third kappa shape index (κ3) is 2.82. The van der Waals surface area contributed by atoms with E-state index in [1.807, 2.05) is 47.4 Å². The van der Waals surface area contributed by atoms with Crippen LogP contribution in [-0.2, 0) is 0 Å². The molecular formula is C13H12N5S+. The highest BCUT2D eigenvalue weighted by Crippen LogP contribution is 2.32. The number of aromatic nitrogens is 1. The van der Waals surface area contributed by atoms with Crippen LogP contribution in [0.15, 0.2) is 48.5 Å². The zero-order valence-corrected chi connectivity index (χ0v) is 10.8. The molecule has 0 bridgehead atoms. The quantitative estimate of drug-likeness (QED) is 0.357. The minimum absolute atomic E-state index is 0.779. The lowest BCUT2D eigenvalue weighted by atomic mass is 10.2. The van der Waals surface area contributed by atoms with Gasteiger partial charge in [0.25, 0.3) is 0 Å². The van der Waals surface area contributed by atoms with Crippen LogP contribution >= 0.6 is 11.3 Å². The van der Waals surface area contributed by atoms with Crippen LogP contribution in [0, 0.1) is 11.1 Å². The average Bonchev–Trinajstić information content (AvgIpc) is 2.83. The Morgan fingerprint density at radius 1 is 1.00 bits per heavy atom. The van der Waals surface area contributed by atoms with Gasteiger partial charge in [0.15, 0.2) is 0 Å². The van der Waals surface area contributed by atoms with Crippen molar-refractivity contribution in [3.63, 3.8) is 0 Å². The van der Waals surface area contributed by atoms with Gasteiger partial charge in [-0.2, -0.15) is 0 Å². The van der Waals surface area contributed by atoms with Crippen LogP contribution in [0.5, 0.6) is 0 Å². The fourth-order valence-electron chi connectivity index (χ4n) is 1.68. The van der Waals surface area contributed by atoms with Crippen molar-refractivity contribution in [1.29, 1.82) is 11.1 Å². The van der Waals surface area contributed by atoms with Crippen LogP contribution in [-0.4, -0.2) is 4.98 Å². The summed E-state index contributed by atoms with van der Waals surface area (Å²) in [5.41, 5.74) is 19.8. The Labute approximate surface area is 113 Å². The molecule has 5 nitrogen and oxygen atoms in total. The number of fused-ring (bicyclic) bond motifs is 1. The van der Waals surface area contributed by atoms with Crippen molar-refractivity contribution in [2.45, 2.75) is 0 Å². The van der Waals surface area contributed by atoms with Crippen molar-refractivity contribution in [3.05, 3.63) is 48.5 Å². The molecule has 2 aromatic carbocycles. The number of para-hydroxylation sites is 2. The van der Waals surface area contributed by atoms with Crippen molar-refractivity contribution < 1.29 is 0 Å². The van der Waals surface area contributed by atoms with Crippen LogP contribution in [0.3, 0.4) is 0 Å². The molecule has 1 heterocycles. The summed E-state index contributed by atoms with van der Waals surface area (Å²) >= 11 is 1.67. The summed E-state index contributed by atoms with van der Waals surface area (Å²) in [7, 11) is 0. The van der Waals surface area contributed by atoms with Crippen molar-refractivity contribution in [3.8, 4) is 10.6 Å². The Bertz CT molecular complexity index is 695. The normalized spacial score (nSPS) is 9.47. The second-order valence-corrected chi connectivity index (χ2v) is 4.72. The molecule has 0 radical (unpaired) electrons. The molecule has 19 heavy (non-hydrogen) atoms. The third-order valence-electron chi connectivity index (χ3n) is 2.49. The number of rotatable bonds is 1. The predicted octanol–water partition coefficient (Wildman–Crippen LogP) is 3.66. The van der Waals surface area contributed by atoms with Crippen LogP contribution in [0.1, 0.15) is 0 Å². The molecule has 94 valence electrons. The Kier molecular flexibility index (Phi) is 3.97. The summed E-state index contributed by atoms with van der Waals surface area (Å²) in [5, 5.41) is 0.985. The number of nitrogens with two attached hydrogens (primary N) is 1. The van der Waals surface area contributed by atoms with Gasteiger partial charge in [-0.1, -0.05) is 24.3 Å². The van der Waals surface area contributed by atoms with Gasteiger partial charge in [0.05, 0.1) is 10.2 Å². The molecule has 3 aromatic rings. The first kappa shape index (κ1) is 12.9. The molecule has 0 fully saturated rings. The first-order valence-electron chi connectivity index (χ1n) is 5.50. The van der Waals surface area contributed by atoms with E-state index in [4.69, 9.17) is 16.8 Å². The second-order valence-electron chi connectivity index (χ2n) is 3.69. The smallest absolute Gasteiger partial charge is 0.211 e. The number of nitrogens with one attached hydrogen (secondary N) is 2. The molecule has 0 atom stereocenters. The van der Waals surface area contributed by atoms with E-state index in [9.17, 15) is 0 Å². The summed E-state index contributed by atoms with van der Waals surface area (Å²) < 4.78 is 1.20. The summed E-state index contributed by atoms with van der Waals surface area (Å²) in [4.78, 5) is 6.58. The van der Waals surface area contributed by atoms with E-state index >= 15 is 0 Å². The number of nitrogens with zero attached hydrogens (tertiary/aromatic N) is 2. The molecular weight excluding hydrogens is 258 g/mol. The summed E-state index contributed by atoms with van der Waals surface area (Å²) in [6.45, 7) is 0. The maximum absolute atomic E-state index is 5.94. The number of benzene rings is 2. The van der Waals surface area contributed by atoms with Gasteiger partial charge < -0.3 is 5.73 Å². The number of thiazole rings is 1. The van der Waals surface area contributed by atoms with E-state index in [0.717, 1.165) is 21.8 Å². The van der Waals surface area contributed by atoms with Crippen LogP contribution < -0.4 is 10.6 Å². The zero-order valence-electron chi connectivity index (χ0n) is 10.00. The Balaban J connectivity index is 0.000000408. The lowest BCUT2D eigenvalue weighted by Crippen LogP contribution is -1.87. The molecule has 4 N–H and O–H groups in total. The zero-order chi connectivity index (χ0) is 13.7. The maximum Gasteiger partial charge on any atom is 0.211 e. The Morgan fingerprint density at radius 2 is 1.63 bits per heavy atom. The predicted molar refractivity (Wildman–Crippen MR) is 77.0 cm³/mol. The molecule has 0 saturated heterocycles. The fraction of sp³-hybridized carbons (Fsp3) is 0. The summed E-state index contributed by atoms with van der Waals surface area (Å²) in [6.07, 6.45) is 0. The Hall–Kier alpha value is -2.56. The molecule has 0 spiro atoms. The van der Waals surface area contributed by atoms with Crippen molar-refractivity contribution in [2.75, 3.05) is 5.73 Å². The molecule has 0 aliphatic heterocycles. The summed E-state index contributed by atoms with van der Waals surface area (Å²) in [6, 6.07) is 16.0.